The number of carbonyl (C=O) groups excluding carboxylic acids is 3. The third kappa shape index (κ3) is 40.1. The second kappa shape index (κ2) is 50.0. The van der Waals surface area contributed by atoms with Crippen molar-refractivity contribution in [3.63, 3.8) is 0 Å². The number of allylic oxidation sites excluding steroid dienone is 19. The maximum Gasteiger partial charge on any atom is 0.335 e. The third-order valence-electron chi connectivity index (χ3n) is 12.0. The quantitative estimate of drug-likeness (QED) is 0.0228. The van der Waals surface area contributed by atoms with Crippen LogP contribution in [0.4, 0.5) is 0 Å². The monoisotopic (exact) mass is 1050 g/mol. The highest BCUT2D eigenvalue weighted by Crippen LogP contribution is 2.26. The van der Waals surface area contributed by atoms with Crippen LogP contribution in [0.2, 0.25) is 0 Å². The number of carboxylic acids is 1. The zero-order valence-electron chi connectivity index (χ0n) is 46.2. The van der Waals surface area contributed by atoms with E-state index in [1.807, 2.05) is 12.2 Å². The lowest BCUT2D eigenvalue weighted by atomic mass is 9.98. The molecule has 0 saturated carbocycles. The average molecular weight is 1050 g/mol. The standard InChI is InChI=1S/C63H98O12/c1-4-7-10-13-16-19-22-24-26-27-28-29-31-32-35-37-40-43-46-49-55(64)71-52-54(73-56(65)50-47-44-41-38-34-21-18-15-12-9-6-3)53-72-63-61(59(68)58(67)60(75-63)62(69)70)74-57(66)51-48-45-42-39-36-33-30-25-23-20-17-14-11-8-5-2/h7-8,10-11,15-20,24-26,28-30,36,39,45,48,54,58-61,63,67-68H,4-6,9,12-14,21-23,27,31-35,37-38,40-44,46-47,49-53H2,1-3H3,(H,69,70)/b10-7-,11-8-,18-15-,19-16-,20-17-,26-24-,29-28-,30-25-,39-36-,48-45-. The molecule has 6 atom stereocenters. The molecule has 12 heteroatoms. The first-order valence-corrected chi connectivity index (χ1v) is 28.5. The molecule has 6 unspecified atom stereocenters. The highest BCUT2D eigenvalue weighted by molar-refractivity contribution is 5.74. The van der Waals surface area contributed by atoms with Crippen molar-refractivity contribution < 1.29 is 58.2 Å². The molecule has 0 bridgehead atoms. The maximum absolute atomic E-state index is 13.1. The average Bonchev–Trinajstić information content (AvgIpc) is 3.39. The first kappa shape index (κ1) is 68.1. The minimum Gasteiger partial charge on any atom is -0.479 e. The fourth-order valence-electron chi connectivity index (χ4n) is 7.71. The molecule has 1 rings (SSSR count). The summed E-state index contributed by atoms with van der Waals surface area (Å²) in [6, 6.07) is 0. The number of aliphatic hydroxyl groups excluding tert-OH is 2. The van der Waals surface area contributed by atoms with Crippen molar-refractivity contribution in [1.82, 2.24) is 0 Å². The number of hydrogen-bond acceptors (Lipinski definition) is 11. The van der Waals surface area contributed by atoms with Gasteiger partial charge in [0.1, 0.15) is 18.8 Å². The maximum atomic E-state index is 13.1. The van der Waals surface area contributed by atoms with Gasteiger partial charge in [0, 0.05) is 12.8 Å². The number of carboxylic acid groups (broad SMARTS) is 1. The van der Waals surface area contributed by atoms with Gasteiger partial charge in [0.25, 0.3) is 0 Å². The van der Waals surface area contributed by atoms with Gasteiger partial charge in [0.05, 0.1) is 13.0 Å². The summed E-state index contributed by atoms with van der Waals surface area (Å²) in [6.45, 7) is 5.64. The third-order valence-corrected chi connectivity index (χ3v) is 12.0. The highest BCUT2D eigenvalue weighted by atomic mass is 16.7. The molecule has 0 radical (unpaired) electrons. The van der Waals surface area contributed by atoms with Crippen LogP contribution >= 0.6 is 0 Å². The van der Waals surface area contributed by atoms with E-state index >= 15 is 0 Å². The Morgan fingerprint density at radius 2 is 0.880 bits per heavy atom. The Labute approximate surface area is 452 Å². The van der Waals surface area contributed by atoms with E-state index in [0.29, 0.717) is 19.3 Å². The molecular weight excluding hydrogens is 949 g/mol. The van der Waals surface area contributed by atoms with E-state index in [4.69, 9.17) is 23.7 Å². The van der Waals surface area contributed by atoms with E-state index in [2.05, 4.69) is 118 Å². The summed E-state index contributed by atoms with van der Waals surface area (Å²) in [5.41, 5.74) is 0. The zero-order chi connectivity index (χ0) is 54.7. The van der Waals surface area contributed by atoms with Crippen molar-refractivity contribution in [2.75, 3.05) is 13.2 Å². The zero-order valence-corrected chi connectivity index (χ0v) is 46.2. The molecule has 0 aromatic carbocycles. The van der Waals surface area contributed by atoms with Gasteiger partial charge in [-0.25, -0.2) is 4.79 Å². The molecule has 1 heterocycles. The van der Waals surface area contributed by atoms with E-state index in [-0.39, 0.29) is 25.9 Å². The van der Waals surface area contributed by atoms with Gasteiger partial charge in [0.15, 0.2) is 24.6 Å². The number of esters is 3. The molecule has 1 aliphatic heterocycles. The Morgan fingerprint density at radius 1 is 0.467 bits per heavy atom. The predicted molar refractivity (Wildman–Crippen MR) is 303 cm³/mol. The summed E-state index contributed by atoms with van der Waals surface area (Å²) in [6.07, 6.45) is 56.3. The Bertz CT molecular complexity index is 1770. The van der Waals surface area contributed by atoms with Crippen LogP contribution < -0.4 is 0 Å². The number of aliphatic carboxylic acids is 1. The minimum atomic E-state index is -1.94. The molecule has 1 aliphatic rings. The van der Waals surface area contributed by atoms with Gasteiger partial charge in [0.2, 0.25) is 0 Å². The van der Waals surface area contributed by atoms with Crippen LogP contribution in [0.1, 0.15) is 201 Å². The van der Waals surface area contributed by atoms with E-state index < -0.39 is 67.3 Å². The number of hydrogen-bond donors (Lipinski definition) is 3. The fourth-order valence-corrected chi connectivity index (χ4v) is 7.71. The molecular formula is C63H98O12. The molecule has 1 saturated heterocycles. The van der Waals surface area contributed by atoms with Crippen LogP contribution in [0.25, 0.3) is 0 Å². The first-order valence-electron chi connectivity index (χ1n) is 28.5. The van der Waals surface area contributed by atoms with Crippen molar-refractivity contribution in [2.24, 2.45) is 0 Å². The number of aliphatic hydroxyl groups is 2. The van der Waals surface area contributed by atoms with Crippen molar-refractivity contribution in [1.29, 1.82) is 0 Å². The van der Waals surface area contributed by atoms with E-state index in [1.165, 1.54) is 12.8 Å². The van der Waals surface area contributed by atoms with Crippen molar-refractivity contribution >= 4 is 23.9 Å². The Morgan fingerprint density at radius 3 is 1.36 bits per heavy atom. The number of rotatable bonds is 46. The summed E-state index contributed by atoms with van der Waals surface area (Å²) in [7, 11) is 0. The van der Waals surface area contributed by atoms with E-state index in [1.54, 1.807) is 12.2 Å². The first-order chi connectivity index (χ1) is 36.6. The van der Waals surface area contributed by atoms with Crippen molar-refractivity contribution in [3.05, 3.63) is 122 Å². The predicted octanol–water partition coefficient (Wildman–Crippen LogP) is 14.4. The summed E-state index contributed by atoms with van der Waals surface area (Å²) in [5, 5.41) is 31.4. The van der Waals surface area contributed by atoms with Crippen molar-refractivity contribution in [2.45, 2.75) is 237 Å². The molecule has 0 spiro atoms. The topological polar surface area (TPSA) is 175 Å². The van der Waals surface area contributed by atoms with Gasteiger partial charge < -0.3 is 39.0 Å². The SMILES string of the molecule is CC/C=C\C/C=C\C/C=C\C/C=C\C/C=C\CC(=O)OC1C(OCC(COC(=O)CCCCCCCC/C=C\C/C=C\C/C=C\C/C=C\CC)OC(=O)CCCCCCC/C=C\CCCC)OC(C(=O)O)C(O)C1O. The lowest BCUT2D eigenvalue weighted by molar-refractivity contribution is -0.301. The van der Waals surface area contributed by atoms with E-state index in [9.17, 15) is 34.5 Å². The van der Waals surface area contributed by atoms with Gasteiger partial charge in [-0.3, -0.25) is 14.4 Å². The lowest BCUT2D eigenvalue weighted by Gasteiger charge is -2.40. The molecule has 0 aliphatic carbocycles. The largest absolute Gasteiger partial charge is 0.479 e. The smallest absolute Gasteiger partial charge is 0.335 e. The molecule has 12 nitrogen and oxygen atoms in total. The highest BCUT2D eigenvalue weighted by Gasteiger charge is 2.50. The summed E-state index contributed by atoms with van der Waals surface area (Å²) < 4.78 is 28.2. The Balaban J connectivity index is 2.74. The summed E-state index contributed by atoms with van der Waals surface area (Å²) in [4.78, 5) is 51.0. The molecule has 1 fully saturated rings. The second-order valence-corrected chi connectivity index (χ2v) is 18.8. The number of carbonyl (C=O) groups is 4. The van der Waals surface area contributed by atoms with Crippen LogP contribution in [0, 0.1) is 0 Å². The summed E-state index contributed by atoms with van der Waals surface area (Å²) in [5.74, 6) is -3.33. The van der Waals surface area contributed by atoms with Gasteiger partial charge >= 0.3 is 23.9 Å². The van der Waals surface area contributed by atoms with Crippen LogP contribution in [0.5, 0.6) is 0 Å². The van der Waals surface area contributed by atoms with Crippen LogP contribution in [0.15, 0.2) is 122 Å². The molecule has 3 N–H and O–H groups in total. The molecule has 0 amide bonds. The van der Waals surface area contributed by atoms with E-state index in [0.717, 1.165) is 128 Å². The normalized spacial score (nSPS) is 19.1. The Hall–Kier alpha value is -4.88. The van der Waals surface area contributed by atoms with Gasteiger partial charge in [-0.05, 0) is 103 Å². The molecule has 75 heavy (non-hydrogen) atoms. The van der Waals surface area contributed by atoms with Crippen molar-refractivity contribution in [3.8, 4) is 0 Å². The van der Waals surface area contributed by atoms with Gasteiger partial charge in [-0.15, -0.1) is 0 Å². The van der Waals surface area contributed by atoms with Crippen LogP contribution in [-0.2, 0) is 42.9 Å². The number of unbranched alkanes of at least 4 members (excludes halogenated alkanes) is 13. The molecule has 0 aromatic heterocycles. The summed E-state index contributed by atoms with van der Waals surface area (Å²) >= 11 is 0. The fraction of sp³-hybridized carbons (Fsp3) is 0.619. The lowest BCUT2D eigenvalue weighted by Crippen LogP contribution is -2.61. The van der Waals surface area contributed by atoms with Crippen LogP contribution in [-0.4, -0.2) is 89.2 Å². The minimum absolute atomic E-state index is 0.132. The van der Waals surface area contributed by atoms with Crippen LogP contribution in [0.3, 0.4) is 0 Å². The number of ether oxygens (including phenoxy) is 5. The molecule has 422 valence electrons. The molecule has 0 aromatic rings. The van der Waals surface area contributed by atoms with Gasteiger partial charge in [-0.1, -0.05) is 200 Å². The second-order valence-electron chi connectivity index (χ2n) is 18.8. The Kier molecular flexibility index (Phi) is 45.4. The van der Waals surface area contributed by atoms with Gasteiger partial charge in [-0.2, -0.15) is 0 Å².